The first-order valence-electron chi connectivity index (χ1n) is 7.01. The third-order valence-electron chi connectivity index (χ3n) is 4.38. The highest BCUT2D eigenvalue weighted by Crippen LogP contribution is 2.39. The molecule has 0 unspecified atom stereocenters. The van der Waals surface area contributed by atoms with Gasteiger partial charge in [0.15, 0.2) is 0 Å². The Labute approximate surface area is 118 Å². The molecule has 0 saturated carbocycles. The van der Waals surface area contributed by atoms with Crippen LogP contribution in [-0.4, -0.2) is 24.5 Å². The summed E-state index contributed by atoms with van der Waals surface area (Å²) in [7, 11) is 0. The second-order valence-electron chi connectivity index (χ2n) is 5.53. The number of nitrogens with zero attached hydrogens (tertiary/aromatic N) is 1. The molecule has 2 fully saturated rings. The molecule has 0 radical (unpaired) electrons. The number of halogens is 1. The monoisotopic (exact) mass is 278 g/mol. The maximum atomic E-state index is 12.4. The molecule has 2 aliphatic heterocycles. The number of hydrogen-bond donors (Lipinski definition) is 1. The number of carbonyl (C=O) groups is 1. The Bertz CT molecular complexity index is 460. The van der Waals surface area contributed by atoms with Crippen molar-refractivity contribution in [2.75, 3.05) is 18.0 Å². The maximum Gasteiger partial charge on any atom is 0.227 e. The number of piperidine rings is 2. The quantitative estimate of drug-likeness (QED) is 0.857. The Kier molecular flexibility index (Phi) is 3.50. The summed E-state index contributed by atoms with van der Waals surface area (Å²) in [6, 6.07) is 7.67. The van der Waals surface area contributed by atoms with E-state index in [2.05, 4.69) is 5.32 Å². The molecule has 1 aromatic carbocycles. The molecule has 2 saturated heterocycles. The predicted molar refractivity (Wildman–Crippen MR) is 77.6 cm³/mol. The van der Waals surface area contributed by atoms with Crippen LogP contribution in [0, 0.1) is 0 Å². The number of anilines is 1. The lowest BCUT2D eigenvalue weighted by Gasteiger charge is -2.49. The zero-order valence-electron chi connectivity index (χ0n) is 11.0. The third kappa shape index (κ3) is 2.37. The average Bonchev–Trinajstić information content (AvgIpc) is 2.42. The largest absolute Gasteiger partial charge is 0.317 e. The summed E-state index contributed by atoms with van der Waals surface area (Å²) >= 11 is 5.95. The van der Waals surface area contributed by atoms with Gasteiger partial charge >= 0.3 is 0 Å². The number of rotatable bonds is 1. The van der Waals surface area contributed by atoms with Crippen LogP contribution in [0.4, 0.5) is 5.69 Å². The summed E-state index contributed by atoms with van der Waals surface area (Å²) < 4.78 is 0. The Morgan fingerprint density at radius 3 is 2.47 bits per heavy atom. The highest BCUT2D eigenvalue weighted by Gasteiger charge is 2.43. The van der Waals surface area contributed by atoms with Gasteiger partial charge in [-0.25, -0.2) is 0 Å². The molecule has 1 aromatic rings. The van der Waals surface area contributed by atoms with E-state index in [-0.39, 0.29) is 11.4 Å². The number of carbonyl (C=O) groups excluding carboxylic acids is 1. The molecule has 2 heterocycles. The zero-order valence-corrected chi connectivity index (χ0v) is 11.7. The fourth-order valence-electron chi connectivity index (χ4n) is 3.43. The van der Waals surface area contributed by atoms with E-state index < -0.39 is 0 Å². The van der Waals surface area contributed by atoms with Gasteiger partial charge in [-0.05, 0) is 63.0 Å². The molecule has 0 aromatic heterocycles. The fourth-order valence-corrected chi connectivity index (χ4v) is 3.56. The van der Waals surface area contributed by atoms with Gasteiger partial charge in [-0.2, -0.15) is 0 Å². The lowest BCUT2D eigenvalue weighted by molar-refractivity contribution is -0.121. The number of hydrogen-bond acceptors (Lipinski definition) is 2. The van der Waals surface area contributed by atoms with Crippen LogP contribution in [0.1, 0.15) is 32.1 Å². The van der Waals surface area contributed by atoms with Crippen molar-refractivity contribution in [3.05, 3.63) is 29.3 Å². The van der Waals surface area contributed by atoms with Crippen molar-refractivity contribution in [3.63, 3.8) is 0 Å². The first-order chi connectivity index (χ1) is 9.21. The molecule has 1 N–H and O–H groups in total. The molecule has 0 bridgehead atoms. The van der Waals surface area contributed by atoms with E-state index >= 15 is 0 Å². The predicted octanol–water partition coefficient (Wildman–Crippen LogP) is 2.98. The lowest BCUT2D eigenvalue weighted by atomic mass is 9.78. The van der Waals surface area contributed by atoms with Gasteiger partial charge in [-0.15, -0.1) is 0 Å². The molecular weight excluding hydrogens is 260 g/mol. The Morgan fingerprint density at radius 2 is 1.79 bits per heavy atom. The number of benzene rings is 1. The molecule has 3 rings (SSSR count). The molecule has 3 nitrogen and oxygen atoms in total. The van der Waals surface area contributed by atoms with Crippen molar-refractivity contribution >= 4 is 23.2 Å². The van der Waals surface area contributed by atoms with E-state index in [4.69, 9.17) is 11.6 Å². The van der Waals surface area contributed by atoms with Crippen molar-refractivity contribution in [2.45, 2.75) is 37.6 Å². The van der Waals surface area contributed by atoms with Crippen LogP contribution < -0.4 is 10.2 Å². The molecule has 19 heavy (non-hydrogen) atoms. The van der Waals surface area contributed by atoms with Gasteiger partial charge in [0.05, 0.1) is 5.54 Å². The van der Waals surface area contributed by atoms with Crippen LogP contribution in [0.5, 0.6) is 0 Å². The van der Waals surface area contributed by atoms with Crippen LogP contribution in [0.25, 0.3) is 0 Å². The SMILES string of the molecule is O=C1CCCC2(CCNCC2)N1c1ccc(Cl)cc1. The summed E-state index contributed by atoms with van der Waals surface area (Å²) in [5, 5.41) is 4.11. The summed E-state index contributed by atoms with van der Waals surface area (Å²) in [5.41, 5.74) is 1.02. The number of amides is 1. The second kappa shape index (κ2) is 5.14. The zero-order chi connectivity index (χ0) is 13.3. The molecular formula is C15H19ClN2O. The highest BCUT2D eigenvalue weighted by atomic mass is 35.5. The second-order valence-corrected chi connectivity index (χ2v) is 5.97. The topological polar surface area (TPSA) is 32.3 Å². The first-order valence-corrected chi connectivity index (χ1v) is 7.38. The molecule has 1 spiro atoms. The minimum atomic E-state index is 0.0222. The van der Waals surface area contributed by atoms with Crippen LogP contribution in [0.3, 0.4) is 0 Å². The van der Waals surface area contributed by atoms with Crippen molar-refractivity contribution in [1.29, 1.82) is 0 Å². The van der Waals surface area contributed by atoms with Gasteiger partial charge in [0.2, 0.25) is 5.91 Å². The standard InChI is InChI=1S/C15H19ClN2O/c16-12-3-5-13(6-4-12)18-14(19)2-1-7-15(18)8-10-17-11-9-15/h3-6,17H,1-2,7-11H2. The third-order valence-corrected chi connectivity index (χ3v) is 4.63. The van der Waals surface area contributed by atoms with Crippen molar-refractivity contribution in [3.8, 4) is 0 Å². The van der Waals surface area contributed by atoms with E-state index in [1.165, 1.54) is 0 Å². The van der Waals surface area contributed by atoms with E-state index in [1.807, 2.05) is 29.2 Å². The average molecular weight is 279 g/mol. The molecule has 4 heteroatoms. The first kappa shape index (κ1) is 12.9. The van der Waals surface area contributed by atoms with Crippen LogP contribution in [0.15, 0.2) is 24.3 Å². The van der Waals surface area contributed by atoms with E-state index in [0.717, 1.165) is 44.5 Å². The van der Waals surface area contributed by atoms with Crippen molar-refractivity contribution in [1.82, 2.24) is 5.32 Å². The van der Waals surface area contributed by atoms with E-state index in [1.54, 1.807) is 0 Å². The van der Waals surface area contributed by atoms with Gasteiger partial charge in [0.1, 0.15) is 0 Å². The van der Waals surface area contributed by atoms with Crippen molar-refractivity contribution < 1.29 is 4.79 Å². The van der Waals surface area contributed by atoms with Gasteiger partial charge in [-0.1, -0.05) is 11.6 Å². The lowest BCUT2D eigenvalue weighted by Crippen LogP contribution is -2.59. The molecule has 0 atom stereocenters. The van der Waals surface area contributed by atoms with Gasteiger partial charge in [0, 0.05) is 17.1 Å². The fraction of sp³-hybridized carbons (Fsp3) is 0.533. The highest BCUT2D eigenvalue weighted by molar-refractivity contribution is 6.30. The van der Waals surface area contributed by atoms with E-state index in [9.17, 15) is 4.79 Å². The smallest absolute Gasteiger partial charge is 0.227 e. The Morgan fingerprint density at radius 1 is 1.11 bits per heavy atom. The van der Waals surface area contributed by atoms with Crippen LogP contribution >= 0.6 is 11.6 Å². The van der Waals surface area contributed by atoms with E-state index in [0.29, 0.717) is 11.4 Å². The summed E-state index contributed by atoms with van der Waals surface area (Å²) in [6.45, 7) is 1.99. The summed E-state index contributed by atoms with van der Waals surface area (Å²) in [4.78, 5) is 14.5. The van der Waals surface area contributed by atoms with Crippen molar-refractivity contribution in [2.24, 2.45) is 0 Å². The van der Waals surface area contributed by atoms with Gasteiger partial charge < -0.3 is 10.2 Å². The maximum absolute atomic E-state index is 12.4. The van der Waals surface area contributed by atoms with Crippen LogP contribution in [0.2, 0.25) is 5.02 Å². The minimum Gasteiger partial charge on any atom is -0.317 e. The van der Waals surface area contributed by atoms with Gasteiger partial charge in [-0.3, -0.25) is 4.79 Å². The minimum absolute atomic E-state index is 0.0222. The molecule has 2 aliphatic rings. The Balaban J connectivity index is 1.97. The normalized spacial score (nSPS) is 22.8. The number of nitrogens with one attached hydrogen (secondary N) is 1. The molecule has 0 aliphatic carbocycles. The Hall–Kier alpha value is -1.06. The summed E-state index contributed by atoms with van der Waals surface area (Å²) in [5.74, 6) is 0.260. The molecule has 102 valence electrons. The molecule has 1 amide bonds. The van der Waals surface area contributed by atoms with Crippen LogP contribution in [-0.2, 0) is 4.79 Å². The van der Waals surface area contributed by atoms with Gasteiger partial charge in [0.25, 0.3) is 0 Å². The summed E-state index contributed by atoms with van der Waals surface area (Å²) in [6.07, 6.45) is 4.88.